The van der Waals surface area contributed by atoms with E-state index in [4.69, 9.17) is 9.84 Å². The fourth-order valence-corrected chi connectivity index (χ4v) is 4.76. The van der Waals surface area contributed by atoms with Gasteiger partial charge in [-0.1, -0.05) is 24.3 Å². The first-order valence-corrected chi connectivity index (χ1v) is 11.9. The topological polar surface area (TPSA) is 59.3 Å². The molecule has 0 aliphatic heterocycles. The third-order valence-electron chi connectivity index (χ3n) is 6.56. The molecule has 5 nitrogen and oxygen atoms in total. The predicted octanol–water partition coefficient (Wildman–Crippen LogP) is 5.78. The van der Waals surface area contributed by atoms with Gasteiger partial charge in [-0.3, -0.25) is 0 Å². The Morgan fingerprint density at radius 2 is 1.84 bits per heavy atom. The Hall–Kier alpha value is -2.53. The maximum Gasteiger partial charge on any atom is 0.129 e. The summed E-state index contributed by atoms with van der Waals surface area (Å²) < 4.78 is 7.40. The molecule has 1 unspecified atom stereocenters. The number of benzene rings is 1. The van der Waals surface area contributed by atoms with Crippen molar-refractivity contribution >= 4 is 5.82 Å². The summed E-state index contributed by atoms with van der Waals surface area (Å²) in [5.41, 5.74) is 3.48. The quantitative estimate of drug-likeness (QED) is 0.604. The molecule has 1 aromatic heterocycles. The molecule has 2 aliphatic rings. The first-order chi connectivity index (χ1) is 15.3. The zero-order chi connectivity index (χ0) is 22.7. The second-order valence-corrected chi connectivity index (χ2v) is 10.2. The van der Waals surface area contributed by atoms with Crippen LogP contribution < -0.4 is 10.1 Å². The first kappa shape index (κ1) is 22.7. The van der Waals surface area contributed by atoms with Gasteiger partial charge in [-0.25, -0.2) is 4.68 Å². The number of aliphatic hydroxyl groups is 1. The van der Waals surface area contributed by atoms with Crippen molar-refractivity contribution in [1.82, 2.24) is 9.78 Å². The van der Waals surface area contributed by atoms with Crippen molar-refractivity contribution in [2.24, 2.45) is 5.92 Å². The summed E-state index contributed by atoms with van der Waals surface area (Å²) in [5, 5.41) is 18.5. The van der Waals surface area contributed by atoms with Gasteiger partial charge in [0.15, 0.2) is 0 Å². The van der Waals surface area contributed by atoms with E-state index in [9.17, 15) is 5.11 Å². The molecule has 32 heavy (non-hydrogen) atoms. The SMILES string of the molecule is COc1ccc(CC2C=C(Nc3cc(C4CCC(O)CC4)nn3C(C)(C)C)C=CC2)cc1. The molecule has 0 radical (unpaired) electrons. The average Bonchev–Trinajstić information content (AvgIpc) is 3.19. The minimum atomic E-state index is -0.145. The second kappa shape index (κ2) is 9.53. The highest BCUT2D eigenvalue weighted by atomic mass is 16.5. The summed E-state index contributed by atoms with van der Waals surface area (Å²) in [4.78, 5) is 0. The second-order valence-electron chi connectivity index (χ2n) is 10.2. The standard InChI is InChI=1S/C27H37N3O2/c1-27(2,3)30-26(18-25(29-30)21-10-12-23(31)13-11-21)28-22-7-5-6-20(17-22)16-19-8-14-24(32-4)15-9-19/h5,7-9,14-15,17-18,20-21,23,28,31H,6,10-13,16H2,1-4H3. The molecule has 0 spiro atoms. The number of nitrogens with zero attached hydrogens (tertiary/aromatic N) is 2. The van der Waals surface area contributed by atoms with Crippen LogP contribution >= 0.6 is 0 Å². The number of hydrogen-bond acceptors (Lipinski definition) is 4. The minimum absolute atomic E-state index is 0.115. The lowest BCUT2D eigenvalue weighted by Gasteiger charge is -2.25. The van der Waals surface area contributed by atoms with Crippen LogP contribution in [0.1, 0.15) is 70.1 Å². The van der Waals surface area contributed by atoms with E-state index in [0.717, 1.165) is 61.5 Å². The molecule has 0 saturated heterocycles. The smallest absolute Gasteiger partial charge is 0.129 e. The lowest BCUT2D eigenvalue weighted by atomic mass is 9.85. The molecule has 0 amide bonds. The van der Waals surface area contributed by atoms with Gasteiger partial charge in [0.1, 0.15) is 11.6 Å². The number of allylic oxidation sites excluding steroid dienone is 3. The van der Waals surface area contributed by atoms with Gasteiger partial charge in [0.05, 0.1) is 24.4 Å². The minimum Gasteiger partial charge on any atom is -0.497 e. The average molecular weight is 436 g/mol. The third kappa shape index (κ3) is 5.44. The molecule has 1 fully saturated rings. The van der Waals surface area contributed by atoms with Crippen LogP contribution in [0.15, 0.2) is 54.3 Å². The summed E-state index contributed by atoms with van der Waals surface area (Å²) in [6.45, 7) is 6.57. The van der Waals surface area contributed by atoms with E-state index >= 15 is 0 Å². The fourth-order valence-electron chi connectivity index (χ4n) is 4.76. The highest BCUT2D eigenvalue weighted by Crippen LogP contribution is 2.35. The largest absolute Gasteiger partial charge is 0.497 e. The molecule has 0 bridgehead atoms. The van der Waals surface area contributed by atoms with Crippen molar-refractivity contribution < 1.29 is 9.84 Å². The van der Waals surface area contributed by atoms with Crippen LogP contribution in [-0.4, -0.2) is 28.1 Å². The number of anilines is 1. The Balaban J connectivity index is 1.50. The zero-order valence-electron chi connectivity index (χ0n) is 19.8. The normalized spacial score (nSPS) is 23.7. The van der Waals surface area contributed by atoms with Gasteiger partial charge in [-0.05, 0) is 89.0 Å². The number of methoxy groups -OCH3 is 1. The Kier molecular flexibility index (Phi) is 6.75. The van der Waals surface area contributed by atoms with Gasteiger partial charge in [-0.15, -0.1) is 0 Å². The Morgan fingerprint density at radius 1 is 1.12 bits per heavy atom. The van der Waals surface area contributed by atoms with Crippen molar-refractivity contribution in [3.8, 4) is 5.75 Å². The molecule has 172 valence electrons. The van der Waals surface area contributed by atoms with Crippen molar-refractivity contribution in [2.75, 3.05) is 12.4 Å². The third-order valence-corrected chi connectivity index (χ3v) is 6.56. The van der Waals surface area contributed by atoms with E-state index in [1.165, 1.54) is 5.56 Å². The van der Waals surface area contributed by atoms with E-state index in [0.29, 0.717) is 11.8 Å². The number of hydrogen-bond donors (Lipinski definition) is 2. The van der Waals surface area contributed by atoms with E-state index < -0.39 is 0 Å². The van der Waals surface area contributed by atoms with E-state index in [1.54, 1.807) is 7.11 Å². The number of aromatic nitrogens is 2. The van der Waals surface area contributed by atoms with Crippen LogP contribution in [0.2, 0.25) is 0 Å². The van der Waals surface area contributed by atoms with Crippen molar-refractivity contribution in [1.29, 1.82) is 0 Å². The lowest BCUT2D eigenvalue weighted by molar-refractivity contribution is 0.121. The van der Waals surface area contributed by atoms with Crippen LogP contribution in [0.3, 0.4) is 0 Å². The summed E-state index contributed by atoms with van der Waals surface area (Å²) in [5.74, 6) is 2.83. The summed E-state index contributed by atoms with van der Waals surface area (Å²) in [6, 6.07) is 10.6. The molecule has 4 rings (SSSR count). The van der Waals surface area contributed by atoms with Gasteiger partial charge >= 0.3 is 0 Å². The number of aliphatic hydroxyl groups excluding tert-OH is 1. The Labute approximate surface area is 192 Å². The van der Waals surface area contributed by atoms with E-state index in [1.807, 2.05) is 12.1 Å². The van der Waals surface area contributed by atoms with Gasteiger partial charge in [0, 0.05) is 17.7 Å². The van der Waals surface area contributed by atoms with Crippen molar-refractivity contribution in [2.45, 2.75) is 76.9 Å². The highest BCUT2D eigenvalue weighted by Gasteiger charge is 2.27. The van der Waals surface area contributed by atoms with Gasteiger partial charge in [0.2, 0.25) is 0 Å². The molecule has 1 atom stereocenters. The first-order valence-electron chi connectivity index (χ1n) is 11.9. The molecule has 2 N–H and O–H groups in total. The van der Waals surface area contributed by atoms with Crippen LogP contribution in [0, 0.1) is 5.92 Å². The zero-order valence-corrected chi connectivity index (χ0v) is 19.8. The molecule has 5 heteroatoms. The van der Waals surface area contributed by atoms with Gasteiger partial charge < -0.3 is 15.2 Å². The fraction of sp³-hybridized carbons (Fsp3) is 0.519. The summed E-state index contributed by atoms with van der Waals surface area (Å²) >= 11 is 0. The maximum absolute atomic E-state index is 9.88. The predicted molar refractivity (Wildman–Crippen MR) is 130 cm³/mol. The van der Waals surface area contributed by atoms with Crippen LogP contribution in [0.25, 0.3) is 0 Å². The molecule has 1 aromatic carbocycles. The molecule has 2 aromatic rings. The Bertz CT molecular complexity index is 958. The van der Waals surface area contributed by atoms with Crippen LogP contribution in [0.5, 0.6) is 5.75 Å². The van der Waals surface area contributed by atoms with Gasteiger partial charge in [-0.2, -0.15) is 5.10 Å². The highest BCUT2D eigenvalue weighted by molar-refractivity contribution is 5.49. The number of ether oxygens (including phenoxy) is 1. The van der Waals surface area contributed by atoms with Crippen molar-refractivity contribution in [3.63, 3.8) is 0 Å². The van der Waals surface area contributed by atoms with E-state index in [-0.39, 0.29) is 11.6 Å². The van der Waals surface area contributed by atoms with E-state index in [2.05, 4.69) is 67.2 Å². The van der Waals surface area contributed by atoms with Gasteiger partial charge in [0.25, 0.3) is 0 Å². The summed E-state index contributed by atoms with van der Waals surface area (Å²) in [7, 11) is 1.70. The molecule has 2 aliphatic carbocycles. The van der Waals surface area contributed by atoms with Crippen LogP contribution in [-0.2, 0) is 12.0 Å². The maximum atomic E-state index is 9.88. The number of nitrogens with one attached hydrogen (secondary N) is 1. The summed E-state index contributed by atoms with van der Waals surface area (Å²) in [6.07, 6.45) is 12.5. The van der Waals surface area contributed by atoms with Crippen molar-refractivity contribution in [3.05, 3.63) is 65.5 Å². The molecule has 1 heterocycles. The monoisotopic (exact) mass is 435 g/mol. The lowest BCUT2D eigenvalue weighted by Crippen LogP contribution is -2.25. The molecular formula is C27H37N3O2. The number of rotatable bonds is 6. The van der Waals surface area contributed by atoms with Crippen LogP contribution in [0.4, 0.5) is 5.82 Å². The Morgan fingerprint density at radius 3 is 2.50 bits per heavy atom. The molecule has 1 saturated carbocycles. The molecular weight excluding hydrogens is 398 g/mol.